The van der Waals surface area contributed by atoms with Crippen molar-refractivity contribution >= 4 is 0 Å². The van der Waals surface area contributed by atoms with Crippen molar-refractivity contribution in [3.05, 3.63) is 46.0 Å². The van der Waals surface area contributed by atoms with Crippen LogP contribution in [-0.2, 0) is 16.8 Å². The SMILES string of the molecule is COCc1c(F)c(F)c([C@@]2(C)[C@@H](/C=C(\C)C#N)C2(C)C)c(F)c1F. The van der Waals surface area contributed by atoms with Gasteiger partial charge in [-0.1, -0.05) is 26.8 Å². The van der Waals surface area contributed by atoms with Crippen LogP contribution in [0.5, 0.6) is 0 Å². The number of benzene rings is 1. The molecule has 2 rings (SSSR count). The predicted molar refractivity (Wildman–Crippen MR) is 81.0 cm³/mol. The fourth-order valence-electron chi connectivity index (χ4n) is 3.57. The van der Waals surface area contributed by atoms with Crippen molar-refractivity contribution in [2.24, 2.45) is 11.3 Å². The summed E-state index contributed by atoms with van der Waals surface area (Å²) >= 11 is 0. The Hall–Kier alpha value is -1.87. The number of nitriles is 1. The maximum absolute atomic E-state index is 14.6. The average Bonchev–Trinajstić information content (AvgIpc) is 2.95. The van der Waals surface area contributed by atoms with Crippen molar-refractivity contribution < 1.29 is 22.3 Å². The van der Waals surface area contributed by atoms with Crippen LogP contribution in [0, 0.1) is 45.9 Å². The highest BCUT2D eigenvalue weighted by atomic mass is 19.2. The van der Waals surface area contributed by atoms with Gasteiger partial charge in [0.1, 0.15) is 0 Å². The van der Waals surface area contributed by atoms with Gasteiger partial charge in [-0.05, 0) is 18.3 Å². The van der Waals surface area contributed by atoms with Gasteiger partial charge in [0.2, 0.25) is 0 Å². The molecule has 24 heavy (non-hydrogen) atoms. The lowest BCUT2D eigenvalue weighted by Crippen LogP contribution is -2.19. The van der Waals surface area contributed by atoms with E-state index in [1.54, 1.807) is 33.8 Å². The molecular weight excluding hydrogens is 322 g/mol. The molecule has 0 aromatic heterocycles. The van der Waals surface area contributed by atoms with E-state index in [1.807, 2.05) is 6.07 Å². The third kappa shape index (κ3) is 2.34. The summed E-state index contributed by atoms with van der Waals surface area (Å²) in [6, 6.07) is 1.95. The van der Waals surface area contributed by atoms with Crippen molar-refractivity contribution in [1.29, 1.82) is 5.26 Å². The highest BCUT2D eigenvalue weighted by Gasteiger charge is 2.69. The van der Waals surface area contributed by atoms with Crippen LogP contribution in [0.15, 0.2) is 11.6 Å². The second-order valence-corrected chi connectivity index (χ2v) is 6.91. The molecule has 1 aromatic carbocycles. The summed E-state index contributed by atoms with van der Waals surface area (Å²) in [6.07, 6.45) is 1.59. The number of nitrogens with zero attached hydrogens (tertiary/aromatic N) is 1. The van der Waals surface area contributed by atoms with Gasteiger partial charge in [0, 0.05) is 23.7 Å². The van der Waals surface area contributed by atoms with Gasteiger partial charge in [-0.15, -0.1) is 0 Å². The van der Waals surface area contributed by atoms with Crippen LogP contribution in [-0.4, -0.2) is 7.11 Å². The zero-order valence-electron chi connectivity index (χ0n) is 14.2. The number of allylic oxidation sites excluding steroid dienone is 2. The molecule has 0 bridgehead atoms. The summed E-state index contributed by atoms with van der Waals surface area (Å²) in [6.45, 7) is 6.05. The third-order valence-corrected chi connectivity index (χ3v) is 5.41. The smallest absolute Gasteiger partial charge is 0.167 e. The van der Waals surface area contributed by atoms with Gasteiger partial charge in [-0.2, -0.15) is 5.26 Å². The summed E-state index contributed by atoms with van der Waals surface area (Å²) in [5.74, 6) is -6.09. The first-order chi connectivity index (χ1) is 11.0. The molecule has 1 aliphatic rings. The zero-order valence-corrected chi connectivity index (χ0v) is 14.2. The number of ether oxygens (including phenoxy) is 1. The quantitative estimate of drug-likeness (QED) is 0.449. The van der Waals surface area contributed by atoms with Crippen LogP contribution in [0.25, 0.3) is 0 Å². The molecule has 1 aromatic rings. The molecule has 0 spiro atoms. The Balaban J connectivity index is 2.68. The van der Waals surface area contributed by atoms with E-state index in [2.05, 4.69) is 4.74 Å². The molecule has 0 N–H and O–H groups in total. The van der Waals surface area contributed by atoms with E-state index in [1.165, 1.54) is 7.11 Å². The Kier molecular flexibility index (Phi) is 4.53. The maximum atomic E-state index is 14.6. The van der Waals surface area contributed by atoms with Gasteiger partial charge in [-0.25, -0.2) is 17.6 Å². The number of rotatable bonds is 4. The minimum absolute atomic E-state index is 0.384. The summed E-state index contributed by atoms with van der Waals surface area (Å²) in [7, 11) is 1.18. The summed E-state index contributed by atoms with van der Waals surface area (Å²) in [5, 5.41) is 8.91. The second-order valence-electron chi connectivity index (χ2n) is 6.91. The molecule has 1 fully saturated rings. The van der Waals surface area contributed by atoms with Crippen molar-refractivity contribution in [3.8, 4) is 6.07 Å². The summed E-state index contributed by atoms with van der Waals surface area (Å²) < 4.78 is 62.2. The second kappa shape index (κ2) is 5.89. The third-order valence-electron chi connectivity index (χ3n) is 5.41. The summed E-state index contributed by atoms with van der Waals surface area (Å²) in [5.41, 5.74) is -2.82. The first-order valence-corrected chi connectivity index (χ1v) is 7.48. The Labute approximate surface area is 138 Å². The minimum atomic E-state index is -1.44. The van der Waals surface area contributed by atoms with Crippen molar-refractivity contribution in [2.45, 2.75) is 39.7 Å². The summed E-state index contributed by atoms with van der Waals surface area (Å²) in [4.78, 5) is 0. The van der Waals surface area contributed by atoms with E-state index in [9.17, 15) is 17.6 Å². The maximum Gasteiger partial charge on any atom is 0.167 e. The Morgan fingerprint density at radius 1 is 1.12 bits per heavy atom. The molecule has 130 valence electrons. The Bertz CT molecular complexity index is 734. The van der Waals surface area contributed by atoms with E-state index >= 15 is 0 Å². The lowest BCUT2D eigenvalue weighted by molar-refractivity contribution is 0.174. The van der Waals surface area contributed by atoms with Gasteiger partial charge in [-0.3, -0.25) is 0 Å². The Morgan fingerprint density at radius 2 is 1.62 bits per heavy atom. The minimum Gasteiger partial charge on any atom is -0.380 e. The van der Waals surface area contributed by atoms with Gasteiger partial charge >= 0.3 is 0 Å². The van der Waals surface area contributed by atoms with Gasteiger partial charge < -0.3 is 4.74 Å². The number of hydrogen-bond donors (Lipinski definition) is 0. The van der Waals surface area contributed by atoms with Crippen LogP contribution in [0.2, 0.25) is 0 Å². The molecular formula is C18H19F4NO. The molecule has 2 atom stereocenters. The van der Waals surface area contributed by atoms with Crippen LogP contribution in [0.1, 0.15) is 38.8 Å². The molecule has 6 heteroatoms. The highest BCUT2D eigenvalue weighted by molar-refractivity contribution is 5.47. The largest absolute Gasteiger partial charge is 0.380 e. The molecule has 0 amide bonds. The van der Waals surface area contributed by atoms with Crippen LogP contribution >= 0.6 is 0 Å². The molecule has 0 saturated heterocycles. The monoisotopic (exact) mass is 341 g/mol. The van der Waals surface area contributed by atoms with Gasteiger partial charge in [0.05, 0.1) is 18.2 Å². The van der Waals surface area contributed by atoms with Gasteiger partial charge in [0.15, 0.2) is 23.3 Å². The van der Waals surface area contributed by atoms with E-state index < -0.39 is 57.8 Å². The topological polar surface area (TPSA) is 33.0 Å². The number of methoxy groups -OCH3 is 1. The van der Waals surface area contributed by atoms with E-state index in [0.717, 1.165) is 0 Å². The first-order valence-electron chi connectivity index (χ1n) is 7.48. The average molecular weight is 341 g/mol. The molecule has 2 nitrogen and oxygen atoms in total. The molecule has 1 aliphatic carbocycles. The van der Waals surface area contributed by atoms with Crippen LogP contribution in [0.4, 0.5) is 17.6 Å². The van der Waals surface area contributed by atoms with Crippen LogP contribution < -0.4 is 0 Å². The Morgan fingerprint density at radius 3 is 2.04 bits per heavy atom. The standard InChI is InChI=1S/C18H19F4NO/c1-9(7-23)6-11-17(2,3)18(11,4)12-15(21)13(19)10(8-24-5)14(20)16(12)22/h6,11H,8H2,1-5H3/b9-6+/t11-,18+/m0/s1. The zero-order chi connectivity index (χ0) is 18.4. The highest BCUT2D eigenvalue weighted by Crippen LogP contribution is 2.70. The number of hydrogen-bond acceptors (Lipinski definition) is 2. The van der Waals surface area contributed by atoms with Crippen molar-refractivity contribution in [3.63, 3.8) is 0 Å². The molecule has 0 aliphatic heterocycles. The van der Waals surface area contributed by atoms with Gasteiger partial charge in [0.25, 0.3) is 0 Å². The lowest BCUT2D eigenvalue weighted by atomic mass is 9.87. The van der Waals surface area contributed by atoms with Crippen molar-refractivity contribution in [2.75, 3.05) is 7.11 Å². The fraction of sp³-hybridized carbons (Fsp3) is 0.500. The van der Waals surface area contributed by atoms with E-state index in [0.29, 0.717) is 5.57 Å². The molecule has 0 radical (unpaired) electrons. The normalized spacial score (nSPS) is 25.5. The number of halogens is 4. The lowest BCUT2D eigenvalue weighted by Gasteiger charge is -2.19. The van der Waals surface area contributed by atoms with Crippen molar-refractivity contribution in [1.82, 2.24) is 0 Å². The fourth-order valence-corrected chi connectivity index (χ4v) is 3.57. The van der Waals surface area contributed by atoms with E-state index in [4.69, 9.17) is 5.26 Å². The molecule has 0 unspecified atom stereocenters. The molecule has 1 saturated carbocycles. The molecule has 0 heterocycles. The predicted octanol–water partition coefficient (Wildman–Crippen LogP) is 4.77. The van der Waals surface area contributed by atoms with E-state index in [-0.39, 0.29) is 0 Å². The first kappa shape index (κ1) is 18.5. The van der Waals surface area contributed by atoms with Crippen LogP contribution in [0.3, 0.4) is 0 Å².